The van der Waals surface area contributed by atoms with Crippen molar-refractivity contribution in [2.24, 2.45) is 0 Å². The maximum Gasteiger partial charge on any atom is 0.349 e. The highest BCUT2D eigenvalue weighted by molar-refractivity contribution is 6.30. The first-order valence-corrected chi connectivity index (χ1v) is 9.57. The average Bonchev–Trinajstić information content (AvgIpc) is 3.24. The van der Waals surface area contributed by atoms with Crippen molar-refractivity contribution < 1.29 is 36.3 Å². The van der Waals surface area contributed by atoms with Crippen LogP contribution >= 0.6 is 11.6 Å². The van der Waals surface area contributed by atoms with Gasteiger partial charge in [0.25, 0.3) is 11.8 Å². The van der Waals surface area contributed by atoms with E-state index in [2.05, 4.69) is 0 Å². The molecule has 7 nitrogen and oxygen atoms in total. The third kappa shape index (κ3) is 4.08. The summed E-state index contributed by atoms with van der Waals surface area (Å²) in [4.78, 5) is 50.5. The Morgan fingerprint density at radius 1 is 1.34 bits per heavy atom. The lowest BCUT2D eigenvalue weighted by atomic mass is 10.0. The lowest BCUT2D eigenvalue weighted by Gasteiger charge is -2.29. The maximum atomic E-state index is 14.7. The summed E-state index contributed by atoms with van der Waals surface area (Å²) in [5, 5.41) is -0.293. The molecule has 0 saturated carbocycles. The summed E-state index contributed by atoms with van der Waals surface area (Å²) in [6.07, 6.45) is -4.00. The second-order valence-electron chi connectivity index (χ2n) is 6.93. The summed E-state index contributed by atoms with van der Waals surface area (Å²) >= 11 is 5.68. The first-order chi connectivity index (χ1) is 17.6. The van der Waals surface area contributed by atoms with Gasteiger partial charge >= 0.3 is 5.92 Å². The maximum absolute atomic E-state index is 14.7. The van der Waals surface area contributed by atoms with Crippen molar-refractivity contribution in [2.45, 2.75) is 37.8 Å². The molecule has 32 heavy (non-hydrogen) atoms. The molecule has 0 aromatic heterocycles. The van der Waals surface area contributed by atoms with E-state index in [1.54, 1.807) is 0 Å². The van der Waals surface area contributed by atoms with Crippen molar-refractivity contribution in [1.82, 2.24) is 15.5 Å². The first kappa shape index (κ1) is 15.5. The zero-order valence-corrected chi connectivity index (χ0v) is 16.8. The van der Waals surface area contributed by atoms with Crippen LogP contribution in [0.3, 0.4) is 0 Å². The van der Waals surface area contributed by atoms with Crippen LogP contribution in [0.4, 0.5) is 8.78 Å². The number of fused-ring (bicyclic) bond motifs is 1. The highest BCUT2D eigenvalue weighted by atomic mass is 35.5. The minimum absolute atomic E-state index is 0.0723. The van der Waals surface area contributed by atoms with Crippen molar-refractivity contribution in [2.75, 3.05) is 0 Å². The molecule has 2 N–H and O–H groups in total. The molecule has 4 atom stereocenters. The van der Waals surface area contributed by atoms with Crippen LogP contribution in [0.2, 0.25) is 7.85 Å². The number of amides is 4. The Morgan fingerprint density at radius 3 is 2.78 bits per heavy atom. The van der Waals surface area contributed by atoms with Gasteiger partial charge in [-0.3, -0.25) is 24.5 Å². The fraction of sp³-hybridized carbons (Fsp3) is 0.273. The van der Waals surface area contributed by atoms with Crippen molar-refractivity contribution in [3.05, 3.63) is 69.7 Å². The zero-order chi connectivity index (χ0) is 28.3. The van der Waals surface area contributed by atoms with Gasteiger partial charge in [-0.2, -0.15) is 8.78 Å². The second kappa shape index (κ2) is 8.31. The first-order valence-electron chi connectivity index (χ1n) is 12.3. The summed E-state index contributed by atoms with van der Waals surface area (Å²) in [5.74, 6) is -9.86. The molecule has 0 radical (unpaired) electrons. The third-order valence-electron chi connectivity index (χ3n) is 4.85. The summed E-state index contributed by atoms with van der Waals surface area (Å²) in [6, 6.07) is 4.79. The zero-order valence-electron chi connectivity index (χ0n) is 22.1. The van der Waals surface area contributed by atoms with Crippen LogP contribution in [-0.2, 0) is 33.4 Å². The van der Waals surface area contributed by atoms with Crippen molar-refractivity contribution in [1.29, 1.82) is 0 Å². The molecule has 2 aromatic carbocycles. The van der Waals surface area contributed by atoms with Crippen LogP contribution in [-0.4, -0.2) is 34.5 Å². The van der Waals surface area contributed by atoms with Crippen LogP contribution < -0.4 is 10.6 Å². The number of piperidine rings is 1. The van der Waals surface area contributed by atoms with Gasteiger partial charge in [0.1, 0.15) is 6.02 Å². The summed E-state index contributed by atoms with van der Waals surface area (Å²) < 4.78 is 77.6. The van der Waals surface area contributed by atoms with Gasteiger partial charge in [0, 0.05) is 38.4 Å². The molecule has 2 aromatic rings. The van der Waals surface area contributed by atoms with Gasteiger partial charge < -0.3 is 10.2 Å². The molecule has 0 spiro atoms. The normalized spacial score (nSPS) is 29.3. The molecule has 10 heteroatoms. The van der Waals surface area contributed by atoms with E-state index in [9.17, 15) is 28.0 Å². The molecule has 2 heterocycles. The Kier molecular flexibility index (Phi) is 4.02. The number of nitrogens with zero attached hydrogens (tertiary/aromatic N) is 1. The van der Waals surface area contributed by atoms with Gasteiger partial charge in [-0.05, 0) is 35.7 Å². The predicted molar refractivity (Wildman–Crippen MR) is 110 cm³/mol. The number of hydrogen-bond donors (Lipinski definition) is 2. The van der Waals surface area contributed by atoms with Crippen molar-refractivity contribution >= 4 is 35.2 Å². The Labute approximate surface area is 195 Å². The number of hydrogen-bond acceptors (Lipinski definition) is 4. The van der Waals surface area contributed by atoms with Gasteiger partial charge in [-0.15, -0.1) is 0 Å². The molecule has 4 unspecified atom stereocenters. The minimum atomic E-state index is -4.15. The van der Waals surface area contributed by atoms with E-state index in [1.165, 1.54) is 0 Å². The van der Waals surface area contributed by atoms with E-state index in [0.29, 0.717) is 4.90 Å². The molecule has 0 aliphatic carbocycles. The number of imide groups is 1. The number of rotatable bonds is 5. The summed E-state index contributed by atoms with van der Waals surface area (Å²) in [6.45, 7) is -2.46. The highest BCUT2D eigenvalue weighted by Crippen LogP contribution is 2.30. The fourth-order valence-electron chi connectivity index (χ4n) is 3.23. The quantitative estimate of drug-likeness (QED) is 0.660. The van der Waals surface area contributed by atoms with Gasteiger partial charge in [-0.1, -0.05) is 35.9 Å². The number of alkyl halides is 2. The topological polar surface area (TPSA) is 95.6 Å². The van der Waals surface area contributed by atoms with E-state index >= 15 is 0 Å². The van der Waals surface area contributed by atoms with Gasteiger partial charge in [0.2, 0.25) is 11.8 Å². The van der Waals surface area contributed by atoms with Gasteiger partial charge in [0.05, 0.1) is 2.74 Å². The van der Waals surface area contributed by atoms with Crippen LogP contribution in [0, 0.1) is 0 Å². The SMILES string of the molecule is [2H]C1C(=O)N([2H])C(=O)C([2H])(N2Cc3cc(C([2H])N([2H])C(=O)C(F)(F)c4ccc(Cl)cc4)ccc3C2=O)C1[2H]. The van der Waals surface area contributed by atoms with E-state index < -0.39 is 67.0 Å². The second-order valence-corrected chi connectivity index (χ2v) is 7.36. The molecule has 166 valence electrons. The van der Waals surface area contributed by atoms with Crippen LogP contribution in [0.25, 0.3) is 0 Å². The molecular weight excluding hydrogens is 444 g/mol. The highest BCUT2D eigenvalue weighted by Gasteiger charge is 2.41. The van der Waals surface area contributed by atoms with Gasteiger partial charge in [0.15, 0.2) is 2.82 Å². The van der Waals surface area contributed by atoms with Gasteiger partial charge in [-0.25, -0.2) is 0 Å². The Hall–Kier alpha value is -3.33. The molecule has 4 amide bonds. The van der Waals surface area contributed by atoms with E-state index in [0.717, 1.165) is 42.5 Å². The fourth-order valence-corrected chi connectivity index (χ4v) is 3.36. The number of carbonyl (C=O) groups excluding carboxylic acids is 4. The predicted octanol–water partition coefficient (Wildman–Crippen LogP) is 2.51. The minimum Gasteiger partial charge on any atom is -0.346 e. The van der Waals surface area contributed by atoms with Crippen LogP contribution in [0.5, 0.6) is 0 Å². The van der Waals surface area contributed by atoms with Crippen LogP contribution in [0.1, 0.15) is 45.3 Å². The number of halogens is 3. The molecule has 2 aliphatic heterocycles. The molecular formula is C22H18ClF2N3O4. The smallest absolute Gasteiger partial charge is 0.346 e. The van der Waals surface area contributed by atoms with E-state index in [1.807, 2.05) is 0 Å². The Balaban J connectivity index is 1.60. The molecule has 1 fully saturated rings. The summed E-state index contributed by atoms with van der Waals surface area (Å²) in [5.41, 5.74) is -0.849. The molecule has 2 aliphatic rings. The monoisotopic (exact) mass is 467 g/mol. The largest absolute Gasteiger partial charge is 0.349 e. The van der Waals surface area contributed by atoms with E-state index in [4.69, 9.17) is 19.9 Å². The molecule has 4 rings (SSSR count). The number of carbonyl (C=O) groups is 4. The lowest BCUT2D eigenvalue weighted by molar-refractivity contribution is -0.147. The van der Waals surface area contributed by atoms with Crippen LogP contribution in [0.15, 0.2) is 42.5 Å². The lowest BCUT2D eigenvalue weighted by Crippen LogP contribution is -2.52. The number of benzene rings is 2. The Bertz CT molecular complexity index is 1350. The van der Waals surface area contributed by atoms with Crippen molar-refractivity contribution in [3.8, 4) is 0 Å². The molecule has 1 saturated heterocycles. The number of nitrogens with one attached hydrogen (secondary N) is 2. The standard InChI is InChI=1S/C22H18ClF2N3O4/c23-15-4-2-14(3-5-15)22(24,25)21(32)26-10-12-1-6-16-13(9-12)11-28(20(16)31)17-7-8-18(29)27-19(17)30/h1-6,9,17H,7-8,10-11H2,(H,26,32)(H,27,29,30)/i7D,8D,10D,17D/hD2. The average molecular weight is 468 g/mol. The van der Waals surface area contributed by atoms with Crippen molar-refractivity contribution in [3.63, 3.8) is 0 Å². The molecule has 0 bridgehead atoms. The third-order valence-corrected chi connectivity index (χ3v) is 5.10. The summed E-state index contributed by atoms with van der Waals surface area (Å²) in [7, 11) is 0. The Morgan fingerprint density at radius 2 is 2.06 bits per heavy atom. The van der Waals surface area contributed by atoms with E-state index in [-0.39, 0.29) is 32.3 Å².